The molecule has 0 spiro atoms. The monoisotopic (exact) mass is 206 g/mol. The molecule has 0 heterocycles. The van der Waals surface area contributed by atoms with Gasteiger partial charge >= 0.3 is 4.45 Å². The highest BCUT2D eigenvalue weighted by molar-refractivity contribution is 8.33. The molecule has 0 amide bonds. The largest absolute Gasteiger partial charge is 0.601 e. The summed E-state index contributed by atoms with van der Waals surface area (Å²) in [5, 5.41) is 2.42. The molecule has 12 heavy (non-hydrogen) atoms. The molecule has 0 aliphatic carbocycles. The van der Waals surface area contributed by atoms with Crippen LogP contribution in [0.25, 0.3) is 0 Å². The second-order valence-electron chi connectivity index (χ2n) is 1.78. The zero-order valence-corrected chi connectivity index (χ0v) is 8.48. The second-order valence-corrected chi connectivity index (χ2v) is 4.52. The Balaban J connectivity index is 4.18. The van der Waals surface area contributed by atoms with Crippen LogP contribution < -0.4 is 0 Å². The van der Waals surface area contributed by atoms with E-state index in [4.69, 9.17) is 0 Å². The van der Waals surface area contributed by atoms with Gasteiger partial charge in [0.2, 0.25) is 0 Å². The Morgan fingerprint density at radius 2 is 1.42 bits per heavy atom. The average Bonchev–Trinajstić information content (AvgIpc) is 2.04. The third-order valence-electron chi connectivity index (χ3n) is 0.848. The number of carbonyl (C=O) groups is 1. The molecule has 0 N–H and O–H groups in total. The molecule has 0 aliphatic rings. The Morgan fingerprint density at radius 1 is 1.08 bits per heavy atom. The van der Waals surface area contributed by atoms with E-state index < -0.39 is 26.8 Å². The predicted octanol–water partition coefficient (Wildman–Crippen LogP) is 1.67. The lowest BCUT2D eigenvalue weighted by Crippen LogP contribution is -2.18. The molecule has 2 unspecified atom stereocenters. The van der Waals surface area contributed by atoms with Gasteiger partial charge in [-0.3, -0.25) is 0 Å². The van der Waals surface area contributed by atoms with Crippen molar-refractivity contribution in [2.24, 2.45) is 0 Å². The highest BCUT2D eigenvalue weighted by Gasteiger charge is 2.29. The number of hydrogen-bond acceptors (Lipinski definition) is 3. The first kappa shape index (κ1) is 11.8. The minimum absolute atomic E-state index is 0.772. The number of rotatable bonds is 2. The van der Waals surface area contributed by atoms with Gasteiger partial charge in [0.05, 0.1) is 0 Å². The molecule has 68 valence electrons. The van der Waals surface area contributed by atoms with Gasteiger partial charge in [-0.15, -0.1) is 0 Å². The van der Waals surface area contributed by atoms with Gasteiger partial charge in [0.25, 0.3) is 0 Å². The van der Waals surface area contributed by atoms with E-state index in [0.29, 0.717) is 0 Å². The summed E-state index contributed by atoms with van der Waals surface area (Å²) in [6, 6.07) is 0. The molecular weight excluding hydrogens is 196 g/mol. The van der Waals surface area contributed by atoms with E-state index in [1.54, 1.807) is 13.8 Å². The zero-order valence-electron chi connectivity index (χ0n) is 6.85. The Labute approximate surface area is 77.9 Å². The fourth-order valence-corrected chi connectivity index (χ4v) is 2.14. The van der Waals surface area contributed by atoms with Crippen molar-refractivity contribution in [3.8, 4) is 0 Å². The first-order chi connectivity index (χ1) is 5.63. The molecule has 0 radical (unpaired) electrons. The van der Waals surface area contributed by atoms with E-state index in [1.807, 2.05) is 0 Å². The Kier molecular flexibility index (Phi) is 6.18. The summed E-state index contributed by atoms with van der Waals surface area (Å²) in [5.74, 6) is 0. The van der Waals surface area contributed by atoms with Crippen molar-refractivity contribution in [1.29, 1.82) is 0 Å². The highest BCUT2D eigenvalue weighted by atomic mass is 32.3. The van der Waals surface area contributed by atoms with Crippen LogP contribution in [0.4, 0.5) is 4.79 Å². The molecule has 0 fully saturated rings. The topological polar surface area (TPSA) is 63.2 Å². The van der Waals surface area contributed by atoms with Gasteiger partial charge in [0.1, 0.15) is 33.2 Å². The van der Waals surface area contributed by atoms with Gasteiger partial charge in [-0.2, -0.15) is 4.79 Å². The fraction of sp³-hybridized carbons (Fsp3) is 0.286. The van der Waals surface area contributed by atoms with Gasteiger partial charge in [-0.25, -0.2) is 0 Å². The molecule has 0 aliphatic heterocycles. The van der Waals surface area contributed by atoms with E-state index in [9.17, 15) is 13.9 Å². The van der Waals surface area contributed by atoms with Crippen molar-refractivity contribution in [3.05, 3.63) is 23.0 Å². The molecule has 0 aromatic rings. The second kappa shape index (κ2) is 6.30. The van der Waals surface area contributed by atoms with Crippen LogP contribution in [-0.4, -0.2) is 13.6 Å². The van der Waals surface area contributed by atoms with Gasteiger partial charge in [-0.05, 0) is 26.0 Å². The minimum Gasteiger partial charge on any atom is -0.601 e. The molecule has 0 saturated heterocycles. The molecule has 0 aromatic carbocycles. The van der Waals surface area contributed by atoms with Crippen molar-refractivity contribution < 1.29 is 13.9 Å². The van der Waals surface area contributed by atoms with Crippen LogP contribution in [0.2, 0.25) is 0 Å². The number of allylic oxidation sites excluding steroid dienone is 2. The summed E-state index contributed by atoms with van der Waals surface area (Å²) in [5.41, 5.74) is 0. The van der Waals surface area contributed by atoms with Crippen molar-refractivity contribution in [1.82, 2.24) is 0 Å². The maximum atomic E-state index is 10.9. The SMILES string of the molecule is CC=C[S+]([O-])C(=O)[S+]([O-])C=CC. The lowest BCUT2D eigenvalue weighted by Gasteiger charge is -2.02. The summed E-state index contributed by atoms with van der Waals surface area (Å²) in [7, 11) is 0. The fourth-order valence-electron chi connectivity index (χ4n) is 0.439. The van der Waals surface area contributed by atoms with Gasteiger partial charge in [0, 0.05) is 0 Å². The van der Waals surface area contributed by atoms with Gasteiger partial charge < -0.3 is 9.11 Å². The first-order valence-electron chi connectivity index (χ1n) is 3.24. The summed E-state index contributed by atoms with van der Waals surface area (Å²) in [6.07, 6.45) is 2.97. The van der Waals surface area contributed by atoms with E-state index in [1.165, 1.54) is 23.0 Å². The quantitative estimate of drug-likeness (QED) is 0.645. The van der Waals surface area contributed by atoms with Crippen molar-refractivity contribution in [2.45, 2.75) is 13.8 Å². The van der Waals surface area contributed by atoms with Crippen molar-refractivity contribution >= 4 is 26.8 Å². The van der Waals surface area contributed by atoms with Crippen molar-refractivity contribution in [3.63, 3.8) is 0 Å². The maximum Gasteiger partial charge on any atom is 0.540 e. The standard InChI is InChI=1S/C7H10O3S2/c1-3-5-11(9)7(8)12(10)6-4-2/h3-6H,1-2H3. The Morgan fingerprint density at radius 3 is 1.67 bits per heavy atom. The minimum atomic E-state index is -1.77. The molecule has 0 bridgehead atoms. The summed E-state index contributed by atoms with van der Waals surface area (Å²) < 4.78 is 21.0. The normalized spacial score (nSPS) is 17.0. The molecule has 0 aromatic heterocycles. The smallest absolute Gasteiger partial charge is 0.540 e. The molecule has 0 rings (SSSR count). The lowest BCUT2D eigenvalue weighted by molar-refractivity contribution is 0.273. The summed E-state index contributed by atoms with van der Waals surface area (Å²) in [6.45, 7) is 3.29. The summed E-state index contributed by atoms with van der Waals surface area (Å²) in [4.78, 5) is 10.9. The van der Waals surface area contributed by atoms with Crippen molar-refractivity contribution in [2.75, 3.05) is 0 Å². The van der Waals surface area contributed by atoms with Crippen LogP contribution in [0.15, 0.2) is 23.0 Å². The van der Waals surface area contributed by atoms with Crippen LogP contribution in [0.5, 0.6) is 0 Å². The molecule has 3 nitrogen and oxygen atoms in total. The van der Waals surface area contributed by atoms with Gasteiger partial charge in [0.15, 0.2) is 0 Å². The number of carbonyl (C=O) groups excluding carboxylic acids is 1. The van der Waals surface area contributed by atoms with Crippen LogP contribution >= 0.6 is 0 Å². The van der Waals surface area contributed by atoms with Crippen LogP contribution in [0.1, 0.15) is 13.8 Å². The van der Waals surface area contributed by atoms with Crippen LogP contribution in [-0.2, 0) is 22.4 Å². The van der Waals surface area contributed by atoms with E-state index >= 15 is 0 Å². The molecule has 5 heteroatoms. The molecular formula is C7H10O3S2. The van der Waals surface area contributed by atoms with Crippen LogP contribution in [0.3, 0.4) is 0 Å². The van der Waals surface area contributed by atoms with Gasteiger partial charge in [-0.1, -0.05) is 0 Å². The molecule has 0 saturated carbocycles. The number of hydrogen-bond donors (Lipinski definition) is 0. The van der Waals surface area contributed by atoms with Crippen LogP contribution in [0, 0.1) is 0 Å². The van der Waals surface area contributed by atoms with E-state index in [0.717, 1.165) is 0 Å². The molecule has 2 atom stereocenters. The third-order valence-corrected chi connectivity index (χ3v) is 3.53. The average molecular weight is 206 g/mol. The predicted molar refractivity (Wildman–Crippen MR) is 51.3 cm³/mol. The third kappa shape index (κ3) is 3.96. The Bertz CT molecular complexity index is 181. The maximum absolute atomic E-state index is 10.9. The Hall–Kier alpha value is -0.230. The summed E-state index contributed by atoms with van der Waals surface area (Å²) >= 11 is -3.53. The van der Waals surface area contributed by atoms with E-state index in [-0.39, 0.29) is 0 Å². The first-order valence-corrected chi connectivity index (χ1v) is 5.66. The lowest BCUT2D eigenvalue weighted by atomic mass is 10.8. The highest BCUT2D eigenvalue weighted by Crippen LogP contribution is 2.06. The zero-order chi connectivity index (χ0) is 9.56. The van der Waals surface area contributed by atoms with E-state index in [2.05, 4.69) is 0 Å².